The third-order valence-electron chi connectivity index (χ3n) is 3.89. The van der Waals surface area contributed by atoms with Crippen molar-refractivity contribution in [3.63, 3.8) is 0 Å². The SMILES string of the molecule is NC(=O)C1(Nc2cccc(F)c2)CCCCCCC1. The number of nitrogens with one attached hydrogen (secondary N) is 1. The van der Waals surface area contributed by atoms with Crippen LogP contribution in [0.4, 0.5) is 10.1 Å². The first kappa shape index (κ1) is 13.8. The summed E-state index contributed by atoms with van der Waals surface area (Å²) in [4.78, 5) is 11.9. The van der Waals surface area contributed by atoms with Gasteiger partial charge in [-0.3, -0.25) is 4.79 Å². The van der Waals surface area contributed by atoms with Crippen molar-refractivity contribution in [2.24, 2.45) is 5.73 Å². The van der Waals surface area contributed by atoms with Crippen LogP contribution in [0.15, 0.2) is 24.3 Å². The molecule has 1 aliphatic carbocycles. The van der Waals surface area contributed by atoms with E-state index in [9.17, 15) is 9.18 Å². The van der Waals surface area contributed by atoms with Crippen LogP contribution in [0.3, 0.4) is 0 Å². The lowest BCUT2D eigenvalue weighted by Gasteiger charge is -2.34. The Hall–Kier alpha value is -1.58. The zero-order valence-corrected chi connectivity index (χ0v) is 11.1. The van der Waals surface area contributed by atoms with Crippen molar-refractivity contribution in [1.82, 2.24) is 0 Å². The van der Waals surface area contributed by atoms with Crippen LogP contribution in [-0.4, -0.2) is 11.4 Å². The summed E-state index contributed by atoms with van der Waals surface area (Å²) < 4.78 is 13.2. The molecule has 0 saturated heterocycles. The predicted octanol–water partition coefficient (Wildman–Crippen LogP) is 3.21. The van der Waals surface area contributed by atoms with Gasteiger partial charge in [-0.15, -0.1) is 0 Å². The summed E-state index contributed by atoms with van der Waals surface area (Å²) in [6.45, 7) is 0. The van der Waals surface area contributed by atoms with Crippen molar-refractivity contribution >= 4 is 11.6 Å². The van der Waals surface area contributed by atoms with Gasteiger partial charge in [0.2, 0.25) is 5.91 Å². The number of hydrogen-bond donors (Lipinski definition) is 2. The highest BCUT2D eigenvalue weighted by Crippen LogP contribution is 2.30. The van der Waals surface area contributed by atoms with Crippen LogP contribution in [0.25, 0.3) is 0 Å². The van der Waals surface area contributed by atoms with E-state index in [0.717, 1.165) is 38.5 Å². The fourth-order valence-electron chi connectivity index (χ4n) is 2.78. The molecular formula is C15H21FN2O. The molecule has 0 spiro atoms. The second kappa shape index (κ2) is 6.04. The van der Waals surface area contributed by atoms with Gasteiger partial charge in [-0.25, -0.2) is 4.39 Å². The van der Waals surface area contributed by atoms with E-state index in [1.807, 2.05) is 0 Å². The highest BCUT2D eigenvalue weighted by molar-refractivity contribution is 5.88. The molecule has 104 valence electrons. The lowest BCUT2D eigenvalue weighted by atomic mass is 9.83. The Bertz CT molecular complexity index is 440. The van der Waals surface area contributed by atoms with Gasteiger partial charge >= 0.3 is 0 Å². The largest absolute Gasteiger partial charge is 0.371 e. The maximum Gasteiger partial charge on any atom is 0.243 e. The quantitative estimate of drug-likeness (QED) is 0.880. The summed E-state index contributed by atoms with van der Waals surface area (Å²) in [5.41, 5.74) is 5.51. The van der Waals surface area contributed by atoms with Crippen LogP contribution in [0.1, 0.15) is 44.9 Å². The third-order valence-corrected chi connectivity index (χ3v) is 3.89. The zero-order valence-electron chi connectivity index (χ0n) is 11.1. The van der Waals surface area contributed by atoms with Gasteiger partial charge in [0.1, 0.15) is 11.4 Å². The molecule has 3 N–H and O–H groups in total. The summed E-state index contributed by atoms with van der Waals surface area (Å²) in [5.74, 6) is -0.644. The first-order chi connectivity index (χ1) is 9.12. The molecule has 1 fully saturated rings. The number of amides is 1. The van der Waals surface area contributed by atoms with E-state index < -0.39 is 5.54 Å². The summed E-state index contributed by atoms with van der Waals surface area (Å²) in [5, 5.41) is 3.19. The number of halogens is 1. The summed E-state index contributed by atoms with van der Waals surface area (Å²) in [6.07, 6.45) is 6.86. The standard InChI is InChI=1S/C15H21FN2O/c16-12-7-6-8-13(11-12)18-15(14(17)19)9-4-2-1-3-5-10-15/h6-8,11,18H,1-5,9-10H2,(H2,17,19). The monoisotopic (exact) mass is 264 g/mol. The van der Waals surface area contributed by atoms with Gasteiger partial charge < -0.3 is 11.1 Å². The van der Waals surface area contributed by atoms with E-state index in [1.54, 1.807) is 12.1 Å². The minimum absolute atomic E-state index is 0.310. The van der Waals surface area contributed by atoms with E-state index in [2.05, 4.69) is 5.32 Å². The molecule has 1 saturated carbocycles. The van der Waals surface area contributed by atoms with Crippen molar-refractivity contribution in [2.45, 2.75) is 50.5 Å². The van der Waals surface area contributed by atoms with Crippen molar-refractivity contribution < 1.29 is 9.18 Å². The van der Waals surface area contributed by atoms with Gasteiger partial charge in [0.05, 0.1) is 0 Å². The number of rotatable bonds is 3. The Morgan fingerprint density at radius 1 is 1.16 bits per heavy atom. The van der Waals surface area contributed by atoms with Crippen LogP contribution >= 0.6 is 0 Å². The smallest absolute Gasteiger partial charge is 0.243 e. The number of hydrogen-bond acceptors (Lipinski definition) is 2. The van der Waals surface area contributed by atoms with Gasteiger partial charge in [0.15, 0.2) is 0 Å². The van der Waals surface area contributed by atoms with E-state index in [0.29, 0.717) is 5.69 Å². The number of nitrogens with two attached hydrogens (primary N) is 1. The zero-order chi connectivity index (χ0) is 13.7. The van der Waals surface area contributed by atoms with Gasteiger partial charge in [-0.1, -0.05) is 38.2 Å². The number of primary amides is 1. The highest BCUT2D eigenvalue weighted by atomic mass is 19.1. The number of benzene rings is 1. The second-order valence-corrected chi connectivity index (χ2v) is 5.35. The molecule has 0 unspecified atom stereocenters. The average Bonchev–Trinajstić information content (AvgIpc) is 2.32. The lowest BCUT2D eigenvalue weighted by Crippen LogP contribution is -2.50. The maximum atomic E-state index is 13.2. The highest BCUT2D eigenvalue weighted by Gasteiger charge is 2.36. The maximum absolute atomic E-state index is 13.2. The van der Waals surface area contributed by atoms with Crippen molar-refractivity contribution in [1.29, 1.82) is 0 Å². The van der Waals surface area contributed by atoms with E-state index in [4.69, 9.17) is 5.73 Å². The van der Waals surface area contributed by atoms with Gasteiger partial charge in [0.25, 0.3) is 0 Å². The average molecular weight is 264 g/mol. The molecule has 1 aliphatic rings. The molecule has 0 bridgehead atoms. The molecule has 2 rings (SSSR count). The minimum Gasteiger partial charge on any atom is -0.371 e. The second-order valence-electron chi connectivity index (χ2n) is 5.35. The van der Waals surface area contributed by atoms with Crippen LogP contribution in [0, 0.1) is 5.82 Å². The molecule has 0 heterocycles. The first-order valence-electron chi connectivity index (χ1n) is 6.96. The van der Waals surface area contributed by atoms with Crippen LogP contribution in [-0.2, 0) is 4.79 Å². The fourth-order valence-corrected chi connectivity index (χ4v) is 2.78. The lowest BCUT2D eigenvalue weighted by molar-refractivity contribution is -0.123. The van der Waals surface area contributed by atoms with E-state index in [1.165, 1.54) is 18.6 Å². The Balaban J connectivity index is 2.20. The molecule has 1 aromatic rings. The summed E-state index contributed by atoms with van der Waals surface area (Å²) >= 11 is 0. The molecule has 3 nitrogen and oxygen atoms in total. The van der Waals surface area contributed by atoms with Gasteiger partial charge in [0, 0.05) is 5.69 Å². The molecule has 1 amide bonds. The Kier molecular flexibility index (Phi) is 4.40. The molecule has 0 aromatic heterocycles. The molecule has 19 heavy (non-hydrogen) atoms. The van der Waals surface area contributed by atoms with Crippen LogP contribution in [0.5, 0.6) is 0 Å². The van der Waals surface area contributed by atoms with Crippen LogP contribution < -0.4 is 11.1 Å². The predicted molar refractivity (Wildman–Crippen MR) is 74.3 cm³/mol. The summed E-state index contributed by atoms with van der Waals surface area (Å²) in [6, 6.07) is 6.20. The third kappa shape index (κ3) is 3.46. The van der Waals surface area contributed by atoms with Gasteiger partial charge in [-0.05, 0) is 31.0 Å². The van der Waals surface area contributed by atoms with Crippen LogP contribution in [0.2, 0.25) is 0 Å². The Labute approximate surface area is 113 Å². The normalized spacial score (nSPS) is 19.2. The molecule has 1 aromatic carbocycles. The number of anilines is 1. The minimum atomic E-state index is -0.728. The van der Waals surface area contributed by atoms with E-state index >= 15 is 0 Å². The molecular weight excluding hydrogens is 243 g/mol. The first-order valence-corrected chi connectivity index (χ1v) is 6.96. The summed E-state index contributed by atoms with van der Waals surface area (Å²) in [7, 11) is 0. The Morgan fingerprint density at radius 3 is 2.37 bits per heavy atom. The molecule has 0 aliphatic heterocycles. The van der Waals surface area contributed by atoms with Crippen molar-refractivity contribution in [3.05, 3.63) is 30.1 Å². The van der Waals surface area contributed by atoms with Crippen molar-refractivity contribution in [2.75, 3.05) is 5.32 Å². The number of carbonyl (C=O) groups excluding carboxylic acids is 1. The van der Waals surface area contributed by atoms with Crippen molar-refractivity contribution in [3.8, 4) is 0 Å². The Morgan fingerprint density at radius 2 is 1.79 bits per heavy atom. The molecule has 0 atom stereocenters. The number of carbonyl (C=O) groups is 1. The topological polar surface area (TPSA) is 55.1 Å². The van der Waals surface area contributed by atoms with Gasteiger partial charge in [-0.2, -0.15) is 0 Å². The molecule has 0 radical (unpaired) electrons. The molecule has 4 heteroatoms. The fraction of sp³-hybridized carbons (Fsp3) is 0.533. The van der Waals surface area contributed by atoms with E-state index in [-0.39, 0.29) is 11.7 Å².